The fourth-order valence-electron chi connectivity index (χ4n) is 3.46. The van der Waals surface area contributed by atoms with Gasteiger partial charge in [0.05, 0.1) is 34.8 Å². The monoisotopic (exact) mass is 383 g/mol. The Hall–Kier alpha value is -3.01. The number of aryl methyl sites for hydroxylation is 1. The van der Waals surface area contributed by atoms with Crippen LogP contribution in [0.5, 0.6) is 0 Å². The summed E-state index contributed by atoms with van der Waals surface area (Å²) in [5, 5.41) is 13.1. The molecule has 4 heterocycles. The fourth-order valence-corrected chi connectivity index (χ4v) is 4.66. The number of rotatable bonds is 2. The number of sulfone groups is 1. The fraction of sp³-hybridized carbons (Fsp3) is 0.294. The van der Waals surface area contributed by atoms with Crippen molar-refractivity contribution in [1.29, 1.82) is 0 Å². The zero-order valence-electron chi connectivity index (χ0n) is 14.6. The van der Waals surface area contributed by atoms with Crippen molar-refractivity contribution >= 4 is 37.6 Å². The second kappa shape index (κ2) is 5.74. The number of nitrogens with zero attached hydrogens (tertiary/aromatic N) is 6. The molecule has 9 nitrogen and oxygen atoms in total. The van der Waals surface area contributed by atoms with Gasteiger partial charge in [0.2, 0.25) is 0 Å². The maximum atomic E-state index is 11.8. The molecule has 0 aliphatic carbocycles. The largest absolute Gasteiger partial charge is 0.354 e. The summed E-state index contributed by atoms with van der Waals surface area (Å²) in [5.74, 6) is 1.55. The Morgan fingerprint density at radius 1 is 1.07 bits per heavy atom. The second-order valence-electron chi connectivity index (χ2n) is 6.65. The van der Waals surface area contributed by atoms with Crippen LogP contribution in [0.3, 0.4) is 0 Å². The van der Waals surface area contributed by atoms with Crippen LogP contribution in [0.2, 0.25) is 0 Å². The van der Waals surface area contributed by atoms with E-state index in [4.69, 9.17) is 9.97 Å². The van der Waals surface area contributed by atoms with Gasteiger partial charge in [-0.05, 0) is 6.07 Å². The summed E-state index contributed by atoms with van der Waals surface area (Å²) in [7, 11) is -1.14. The van der Waals surface area contributed by atoms with Gasteiger partial charge in [-0.25, -0.2) is 18.4 Å². The van der Waals surface area contributed by atoms with Crippen LogP contribution in [0.4, 0.5) is 5.82 Å². The predicted molar refractivity (Wildman–Crippen MR) is 102 cm³/mol. The van der Waals surface area contributed by atoms with Crippen molar-refractivity contribution in [3.8, 4) is 11.4 Å². The maximum Gasteiger partial charge on any atom is 0.164 e. The van der Waals surface area contributed by atoms with Crippen LogP contribution in [-0.4, -0.2) is 63.0 Å². The van der Waals surface area contributed by atoms with Crippen LogP contribution in [0.1, 0.15) is 0 Å². The van der Waals surface area contributed by atoms with E-state index in [-0.39, 0.29) is 11.5 Å². The number of fused-ring (bicyclic) bond motifs is 2. The Morgan fingerprint density at radius 2 is 1.89 bits per heavy atom. The van der Waals surface area contributed by atoms with Gasteiger partial charge in [0.1, 0.15) is 5.82 Å². The second-order valence-corrected chi connectivity index (χ2v) is 8.96. The molecule has 1 aliphatic rings. The predicted octanol–water partition coefficient (Wildman–Crippen LogP) is 1.14. The van der Waals surface area contributed by atoms with Gasteiger partial charge in [0.25, 0.3) is 0 Å². The average Bonchev–Trinajstić information content (AvgIpc) is 3.28. The molecule has 0 radical (unpaired) electrons. The standard InChI is InChI=1S/C17H17N7O2S/c1-23-16-13(10-19-23)17(24-5-7-27(25,26)8-6-24)21-15(20-16)11-3-2-4-14-12(11)9-18-22-14/h2-4,9-10H,5-8H2,1H3,(H,18,22). The molecule has 138 valence electrons. The lowest BCUT2D eigenvalue weighted by molar-refractivity contribution is 0.586. The SMILES string of the molecule is Cn1ncc2c(N3CCS(=O)(=O)CC3)nc(-c3cccc4[nH]ncc34)nc21. The van der Waals surface area contributed by atoms with E-state index in [1.165, 1.54) is 0 Å². The lowest BCUT2D eigenvalue weighted by atomic mass is 10.1. The summed E-state index contributed by atoms with van der Waals surface area (Å²) in [6.45, 7) is 0.831. The first-order valence-corrected chi connectivity index (χ1v) is 10.4. The Bertz CT molecular complexity index is 1260. The molecule has 1 fully saturated rings. The third kappa shape index (κ3) is 2.64. The van der Waals surface area contributed by atoms with E-state index in [1.807, 2.05) is 30.1 Å². The summed E-state index contributed by atoms with van der Waals surface area (Å²) in [6, 6.07) is 5.84. The lowest BCUT2D eigenvalue weighted by Crippen LogP contribution is -2.40. The first kappa shape index (κ1) is 16.2. The average molecular weight is 383 g/mol. The number of aromatic nitrogens is 6. The van der Waals surface area contributed by atoms with Gasteiger partial charge in [-0.3, -0.25) is 9.78 Å². The van der Waals surface area contributed by atoms with Crippen molar-refractivity contribution in [3.05, 3.63) is 30.6 Å². The zero-order chi connectivity index (χ0) is 18.6. The van der Waals surface area contributed by atoms with Crippen LogP contribution >= 0.6 is 0 Å². The molecule has 0 saturated carbocycles. The molecule has 10 heteroatoms. The summed E-state index contributed by atoms with van der Waals surface area (Å²) in [4.78, 5) is 11.5. The van der Waals surface area contributed by atoms with E-state index >= 15 is 0 Å². The molecule has 4 aromatic rings. The van der Waals surface area contributed by atoms with Gasteiger partial charge in [0.15, 0.2) is 21.3 Å². The Kier molecular flexibility index (Phi) is 3.44. The van der Waals surface area contributed by atoms with E-state index in [9.17, 15) is 8.42 Å². The normalized spacial score (nSPS) is 17.0. The number of H-pyrrole nitrogens is 1. The smallest absolute Gasteiger partial charge is 0.164 e. The minimum atomic E-state index is -2.97. The maximum absolute atomic E-state index is 11.8. The highest BCUT2D eigenvalue weighted by Crippen LogP contribution is 2.31. The molecule has 1 N–H and O–H groups in total. The zero-order valence-corrected chi connectivity index (χ0v) is 15.4. The number of benzene rings is 1. The van der Waals surface area contributed by atoms with Gasteiger partial charge in [0, 0.05) is 31.1 Å². The molecule has 0 unspecified atom stereocenters. The highest BCUT2D eigenvalue weighted by molar-refractivity contribution is 7.91. The van der Waals surface area contributed by atoms with Gasteiger partial charge in [-0.2, -0.15) is 10.2 Å². The lowest BCUT2D eigenvalue weighted by Gasteiger charge is -2.28. The van der Waals surface area contributed by atoms with Crippen molar-refractivity contribution in [2.45, 2.75) is 0 Å². The Balaban J connectivity index is 1.71. The molecule has 1 aromatic carbocycles. The minimum Gasteiger partial charge on any atom is -0.354 e. The van der Waals surface area contributed by atoms with Crippen LogP contribution in [0.25, 0.3) is 33.3 Å². The number of hydrogen-bond acceptors (Lipinski definition) is 7. The molecule has 27 heavy (non-hydrogen) atoms. The highest BCUT2D eigenvalue weighted by atomic mass is 32.2. The number of hydrogen-bond donors (Lipinski definition) is 1. The van der Waals surface area contributed by atoms with Crippen molar-refractivity contribution < 1.29 is 8.42 Å². The van der Waals surface area contributed by atoms with E-state index in [0.29, 0.717) is 24.6 Å². The first-order valence-electron chi connectivity index (χ1n) is 8.59. The van der Waals surface area contributed by atoms with Gasteiger partial charge in [-0.15, -0.1) is 0 Å². The molecular formula is C17H17N7O2S. The minimum absolute atomic E-state index is 0.130. The summed E-state index contributed by atoms with van der Waals surface area (Å²) in [5.41, 5.74) is 2.49. The molecule has 0 bridgehead atoms. The number of nitrogens with one attached hydrogen (secondary N) is 1. The molecule has 5 rings (SSSR count). The van der Waals surface area contributed by atoms with Crippen molar-refractivity contribution in [2.75, 3.05) is 29.5 Å². The molecule has 3 aromatic heterocycles. The van der Waals surface area contributed by atoms with E-state index in [1.54, 1.807) is 17.1 Å². The summed E-state index contributed by atoms with van der Waals surface area (Å²) >= 11 is 0. The van der Waals surface area contributed by atoms with E-state index < -0.39 is 9.84 Å². The Labute approximate surface area is 154 Å². The molecule has 0 amide bonds. The first-order chi connectivity index (χ1) is 13.0. The summed E-state index contributed by atoms with van der Waals surface area (Å²) in [6.07, 6.45) is 3.49. The Morgan fingerprint density at radius 3 is 2.70 bits per heavy atom. The van der Waals surface area contributed by atoms with Crippen LogP contribution in [-0.2, 0) is 16.9 Å². The van der Waals surface area contributed by atoms with Gasteiger partial charge in [-0.1, -0.05) is 12.1 Å². The van der Waals surface area contributed by atoms with Gasteiger partial charge >= 0.3 is 0 Å². The van der Waals surface area contributed by atoms with Crippen molar-refractivity contribution in [3.63, 3.8) is 0 Å². The van der Waals surface area contributed by atoms with Crippen LogP contribution in [0.15, 0.2) is 30.6 Å². The van der Waals surface area contributed by atoms with E-state index in [2.05, 4.69) is 15.3 Å². The van der Waals surface area contributed by atoms with Crippen LogP contribution in [0, 0.1) is 0 Å². The highest BCUT2D eigenvalue weighted by Gasteiger charge is 2.25. The van der Waals surface area contributed by atoms with Crippen LogP contribution < -0.4 is 4.90 Å². The molecule has 0 atom stereocenters. The van der Waals surface area contributed by atoms with Crippen molar-refractivity contribution in [2.24, 2.45) is 7.05 Å². The number of aromatic amines is 1. The topological polar surface area (TPSA) is 110 Å². The van der Waals surface area contributed by atoms with Crippen molar-refractivity contribution in [1.82, 2.24) is 29.9 Å². The summed E-state index contributed by atoms with van der Waals surface area (Å²) < 4.78 is 25.3. The third-order valence-electron chi connectivity index (χ3n) is 4.94. The third-order valence-corrected chi connectivity index (χ3v) is 6.55. The van der Waals surface area contributed by atoms with E-state index in [0.717, 1.165) is 27.7 Å². The molecular weight excluding hydrogens is 366 g/mol. The number of anilines is 1. The molecule has 1 aliphatic heterocycles. The molecule has 0 spiro atoms. The van der Waals surface area contributed by atoms with Gasteiger partial charge < -0.3 is 4.90 Å². The molecule has 1 saturated heterocycles. The quantitative estimate of drug-likeness (QED) is 0.553.